The molecule has 0 fully saturated rings. The van der Waals surface area contributed by atoms with Gasteiger partial charge in [0.05, 0.1) is 5.69 Å². The Balaban J connectivity index is 1.78. The van der Waals surface area contributed by atoms with Crippen LogP contribution in [0, 0.1) is 0 Å². The number of hydrogen-bond donors (Lipinski definition) is 2. The third-order valence-corrected chi connectivity index (χ3v) is 4.20. The van der Waals surface area contributed by atoms with E-state index in [1.54, 1.807) is 24.5 Å². The van der Waals surface area contributed by atoms with E-state index in [-0.39, 0.29) is 5.97 Å². The van der Waals surface area contributed by atoms with Gasteiger partial charge < -0.3 is 15.4 Å². The first-order valence-electron chi connectivity index (χ1n) is 9.29. The summed E-state index contributed by atoms with van der Waals surface area (Å²) in [5.74, 6) is 0.727. The maximum absolute atomic E-state index is 11.3. The lowest BCUT2D eigenvalue weighted by molar-refractivity contribution is -0.145. The molecule has 2 aromatic heterocycles. The van der Waals surface area contributed by atoms with Gasteiger partial charge in [-0.25, -0.2) is 15.0 Å². The molecule has 3 aromatic rings. The van der Waals surface area contributed by atoms with E-state index < -0.39 is 6.23 Å². The van der Waals surface area contributed by atoms with Crippen LogP contribution < -0.4 is 10.6 Å². The largest absolute Gasteiger partial charge is 0.442 e. The molecule has 0 aliphatic rings. The van der Waals surface area contributed by atoms with Crippen LogP contribution in [0.5, 0.6) is 0 Å². The van der Waals surface area contributed by atoms with Crippen LogP contribution in [0.3, 0.4) is 0 Å². The molecule has 0 radical (unpaired) electrons. The van der Waals surface area contributed by atoms with Gasteiger partial charge in [0.2, 0.25) is 5.95 Å². The molecule has 150 valence electrons. The fourth-order valence-electron chi connectivity index (χ4n) is 2.73. The number of aromatic nitrogens is 3. The predicted molar refractivity (Wildman–Crippen MR) is 114 cm³/mol. The summed E-state index contributed by atoms with van der Waals surface area (Å²) in [6.07, 6.45) is 4.50. The summed E-state index contributed by atoms with van der Waals surface area (Å²) in [5, 5.41) is 6.93. The van der Waals surface area contributed by atoms with Crippen LogP contribution in [0.15, 0.2) is 54.9 Å². The average molecular weight is 412 g/mol. The number of pyridine rings is 1. The molecule has 0 spiro atoms. The molecule has 1 atom stereocenters. The van der Waals surface area contributed by atoms with Crippen LogP contribution in [-0.4, -0.2) is 27.1 Å². The topological polar surface area (TPSA) is 89.0 Å². The van der Waals surface area contributed by atoms with Crippen molar-refractivity contribution in [2.45, 2.75) is 32.9 Å². The molecule has 8 heteroatoms. The van der Waals surface area contributed by atoms with Crippen molar-refractivity contribution < 1.29 is 9.53 Å². The van der Waals surface area contributed by atoms with Crippen LogP contribution in [0.2, 0.25) is 5.02 Å². The second-order valence-corrected chi connectivity index (χ2v) is 6.80. The van der Waals surface area contributed by atoms with Crippen molar-refractivity contribution in [2.75, 3.05) is 10.6 Å². The molecule has 0 bridgehead atoms. The Labute approximate surface area is 174 Å². The Kier molecular flexibility index (Phi) is 6.97. The molecule has 3 rings (SSSR count). The predicted octanol–water partition coefficient (Wildman–Crippen LogP) is 5.04. The average Bonchev–Trinajstić information content (AvgIpc) is 2.68. The van der Waals surface area contributed by atoms with Gasteiger partial charge in [0, 0.05) is 42.0 Å². The zero-order valence-corrected chi connectivity index (χ0v) is 17.0. The van der Waals surface area contributed by atoms with Gasteiger partial charge in [0.25, 0.3) is 0 Å². The van der Waals surface area contributed by atoms with Crippen LogP contribution in [-0.2, 0) is 9.53 Å². The van der Waals surface area contributed by atoms with E-state index in [2.05, 4.69) is 25.6 Å². The molecule has 7 nitrogen and oxygen atoms in total. The highest BCUT2D eigenvalue weighted by molar-refractivity contribution is 6.30. The Hall–Kier alpha value is -3.19. The first-order valence-corrected chi connectivity index (χ1v) is 9.67. The highest BCUT2D eigenvalue weighted by Crippen LogP contribution is 2.23. The van der Waals surface area contributed by atoms with E-state index in [4.69, 9.17) is 16.3 Å². The lowest BCUT2D eigenvalue weighted by Crippen LogP contribution is -2.25. The molecule has 0 saturated heterocycles. The normalized spacial score (nSPS) is 11.6. The minimum Gasteiger partial charge on any atom is -0.442 e. The van der Waals surface area contributed by atoms with Crippen molar-refractivity contribution >= 4 is 35.0 Å². The van der Waals surface area contributed by atoms with Crippen molar-refractivity contribution in [2.24, 2.45) is 0 Å². The zero-order valence-electron chi connectivity index (χ0n) is 16.2. The minimum absolute atomic E-state index is 0.334. The summed E-state index contributed by atoms with van der Waals surface area (Å²) in [4.78, 5) is 24.4. The molecule has 1 aromatic carbocycles. The number of nitrogens with one attached hydrogen (secondary N) is 2. The highest BCUT2D eigenvalue weighted by Gasteiger charge is 2.12. The van der Waals surface area contributed by atoms with Crippen LogP contribution in [0.4, 0.5) is 17.5 Å². The van der Waals surface area contributed by atoms with Gasteiger partial charge in [-0.3, -0.25) is 4.79 Å². The highest BCUT2D eigenvalue weighted by atomic mass is 35.5. The summed E-state index contributed by atoms with van der Waals surface area (Å²) < 4.78 is 5.30. The molecule has 1 unspecified atom stereocenters. The van der Waals surface area contributed by atoms with E-state index in [0.717, 1.165) is 23.4 Å². The molecule has 0 saturated carbocycles. The zero-order chi connectivity index (χ0) is 20.6. The molecule has 0 amide bonds. The first-order chi connectivity index (χ1) is 14.0. The summed E-state index contributed by atoms with van der Waals surface area (Å²) in [6, 6.07) is 12.9. The SMILES string of the molecule is CCCC(Nc1cc(-c2ccnc(Nc3cccc(Cl)c3)n2)ccn1)OC(C)=O. The maximum atomic E-state index is 11.3. The summed E-state index contributed by atoms with van der Waals surface area (Å²) in [7, 11) is 0. The number of anilines is 3. The summed E-state index contributed by atoms with van der Waals surface area (Å²) in [6.45, 7) is 3.42. The molecule has 0 aliphatic heterocycles. The molecule has 2 heterocycles. The van der Waals surface area contributed by atoms with Crippen LogP contribution >= 0.6 is 11.6 Å². The maximum Gasteiger partial charge on any atom is 0.304 e. The van der Waals surface area contributed by atoms with Crippen molar-refractivity contribution in [3.63, 3.8) is 0 Å². The van der Waals surface area contributed by atoms with Gasteiger partial charge in [-0.15, -0.1) is 0 Å². The van der Waals surface area contributed by atoms with Gasteiger partial charge in [-0.1, -0.05) is 31.0 Å². The van der Waals surface area contributed by atoms with E-state index in [1.807, 2.05) is 37.3 Å². The van der Waals surface area contributed by atoms with Gasteiger partial charge >= 0.3 is 5.97 Å². The standard InChI is InChI=1S/C21H22ClN5O2/c1-3-5-20(29-14(2)28)27-19-12-15(8-10-23-19)18-9-11-24-21(26-18)25-17-7-4-6-16(22)13-17/h4,6-13,20H,3,5H2,1-2H3,(H,23,27)(H,24,25,26). The molecular weight excluding hydrogens is 390 g/mol. The number of nitrogens with zero attached hydrogens (tertiary/aromatic N) is 3. The minimum atomic E-state index is -0.425. The van der Waals surface area contributed by atoms with Crippen molar-refractivity contribution in [1.29, 1.82) is 0 Å². The fraction of sp³-hybridized carbons (Fsp3) is 0.238. The first kappa shape index (κ1) is 20.5. The van der Waals surface area contributed by atoms with E-state index in [9.17, 15) is 4.79 Å². The Morgan fingerprint density at radius 2 is 2.00 bits per heavy atom. The van der Waals surface area contributed by atoms with Crippen molar-refractivity contribution in [1.82, 2.24) is 15.0 Å². The number of benzene rings is 1. The monoisotopic (exact) mass is 411 g/mol. The fourth-order valence-corrected chi connectivity index (χ4v) is 2.92. The summed E-state index contributed by atoms with van der Waals surface area (Å²) >= 11 is 6.02. The number of rotatable bonds is 8. The van der Waals surface area contributed by atoms with E-state index >= 15 is 0 Å². The lowest BCUT2D eigenvalue weighted by atomic mass is 10.2. The van der Waals surface area contributed by atoms with Crippen LogP contribution in [0.1, 0.15) is 26.7 Å². The number of halogens is 1. The van der Waals surface area contributed by atoms with E-state index in [0.29, 0.717) is 23.2 Å². The molecular formula is C21H22ClN5O2. The third-order valence-electron chi connectivity index (χ3n) is 3.96. The van der Waals surface area contributed by atoms with Gasteiger partial charge in [0.15, 0.2) is 6.23 Å². The Morgan fingerprint density at radius 3 is 2.76 bits per heavy atom. The number of carbonyl (C=O) groups excluding carboxylic acids is 1. The van der Waals surface area contributed by atoms with Crippen molar-refractivity contribution in [3.05, 3.63) is 59.9 Å². The number of esters is 1. The smallest absolute Gasteiger partial charge is 0.304 e. The Morgan fingerprint density at radius 1 is 1.17 bits per heavy atom. The number of hydrogen-bond acceptors (Lipinski definition) is 7. The lowest BCUT2D eigenvalue weighted by Gasteiger charge is -2.18. The summed E-state index contributed by atoms with van der Waals surface area (Å²) in [5.41, 5.74) is 2.39. The van der Waals surface area contributed by atoms with Gasteiger partial charge in [0.1, 0.15) is 5.82 Å². The second kappa shape index (κ2) is 9.84. The van der Waals surface area contributed by atoms with Gasteiger partial charge in [-0.05, 0) is 36.4 Å². The quantitative estimate of drug-likeness (QED) is 0.396. The number of ether oxygens (including phenoxy) is 1. The number of carbonyl (C=O) groups is 1. The molecule has 0 aliphatic carbocycles. The molecule has 2 N–H and O–H groups in total. The molecule has 29 heavy (non-hydrogen) atoms. The Bertz CT molecular complexity index is 983. The second-order valence-electron chi connectivity index (χ2n) is 6.36. The third kappa shape index (κ3) is 6.15. The van der Waals surface area contributed by atoms with Gasteiger partial charge in [-0.2, -0.15) is 0 Å². The van der Waals surface area contributed by atoms with Crippen molar-refractivity contribution in [3.8, 4) is 11.3 Å². The van der Waals surface area contributed by atoms with Crippen LogP contribution in [0.25, 0.3) is 11.3 Å². The van der Waals surface area contributed by atoms with E-state index in [1.165, 1.54) is 6.92 Å².